The summed E-state index contributed by atoms with van der Waals surface area (Å²) in [4.78, 5) is 17.9. The second-order valence-electron chi connectivity index (χ2n) is 4.53. The number of aromatic nitrogens is 1. The number of aliphatic hydroxyl groups is 1. The number of carbonyl (C=O) groups is 1. The molecule has 1 saturated heterocycles. The van der Waals surface area contributed by atoms with E-state index in [-0.39, 0.29) is 41.3 Å². The topological polar surface area (TPSA) is 88.7 Å². The van der Waals surface area contributed by atoms with Gasteiger partial charge in [0.1, 0.15) is 11.5 Å². The van der Waals surface area contributed by atoms with Crippen LogP contribution in [0.4, 0.5) is 5.82 Å². The Morgan fingerprint density at radius 3 is 3.05 bits per heavy atom. The first-order valence-electron chi connectivity index (χ1n) is 5.99. The Kier molecular flexibility index (Phi) is 4.24. The molecule has 0 radical (unpaired) electrons. The highest BCUT2D eigenvalue weighted by molar-refractivity contribution is 6.33. The Morgan fingerprint density at radius 1 is 1.63 bits per heavy atom. The summed E-state index contributed by atoms with van der Waals surface area (Å²) in [7, 11) is 0. The molecule has 2 atom stereocenters. The number of nitrogens with zero attached hydrogens (tertiary/aromatic N) is 2. The van der Waals surface area contributed by atoms with Gasteiger partial charge in [-0.25, -0.2) is 4.98 Å². The van der Waals surface area contributed by atoms with E-state index in [4.69, 9.17) is 27.2 Å². The van der Waals surface area contributed by atoms with E-state index in [0.29, 0.717) is 13.1 Å². The summed E-state index contributed by atoms with van der Waals surface area (Å²) in [6.07, 6.45) is -0.526. The molecular weight excluding hydrogens is 270 g/mol. The van der Waals surface area contributed by atoms with Gasteiger partial charge >= 0.3 is 0 Å². The fourth-order valence-electron chi connectivity index (χ4n) is 2.07. The third kappa shape index (κ3) is 3.15. The molecule has 1 aliphatic rings. The molecule has 0 aliphatic carbocycles. The number of hydrogen-bond acceptors (Lipinski definition) is 5. The number of carbonyl (C=O) groups excluding carboxylic acids is 1. The van der Waals surface area contributed by atoms with Crippen LogP contribution in [0.1, 0.15) is 17.4 Å². The number of amides is 1. The molecule has 1 aromatic heterocycles. The predicted octanol–water partition coefficient (Wildman–Crippen LogP) is 0.539. The molecule has 3 N–H and O–H groups in total. The highest BCUT2D eigenvalue weighted by Crippen LogP contribution is 2.20. The molecule has 104 valence electrons. The van der Waals surface area contributed by atoms with Gasteiger partial charge in [0.05, 0.1) is 23.8 Å². The number of rotatable bonds is 2. The molecule has 7 heteroatoms. The predicted molar refractivity (Wildman–Crippen MR) is 71.0 cm³/mol. The summed E-state index contributed by atoms with van der Waals surface area (Å²) in [5.74, 6) is -0.0568. The molecule has 0 spiro atoms. The molecule has 1 amide bonds. The number of nitrogens with two attached hydrogens (primary N) is 1. The van der Waals surface area contributed by atoms with Gasteiger partial charge < -0.3 is 20.5 Å². The van der Waals surface area contributed by atoms with Crippen molar-refractivity contribution in [3.8, 4) is 0 Å². The first-order chi connectivity index (χ1) is 9.01. The van der Waals surface area contributed by atoms with Gasteiger partial charge in [-0.3, -0.25) is 4.79 Å². The van der Waals surface area contributed by atoms with Crippen molar-refractivity contribution >= 4 is 23.3 Å². The average molecular weight is 286 g/mol. The standard InChI is InChI=1S/C12H16ClN3O3/c1-7-4-16(5-8(6-17)19-7)12(18)11-9(13)2-3-10(14)15-11/h2-3,7-8,17H,4-6H2,1H3,(H2,14,15). The van der Waals surface area contributed by atoms with Crippen molar-refractivity contribution in [1.29, 1.82) is 0 Å². The van der Waals surface area contributed by atoms with Crippen LogP contribution in [-0.2, 0) is 4.74 Å². The van der Waals surface area contributed by atoms with Gasteiger partial charge in [0.25, 0.3) is 5.91 Å². The van der Waals surface area contributed by atoms with E-state index in [0.717, 1.165) is 0 Å². The van der Waals surface area contributed by atoms with Crippen LogP contribution in [0.5, 0.6) is 0 Å². The Hall–Kier alpha value is -1.37. The lowest BCUT2D eigenvalue weighted by Gasteiger charge is -2.36. The van der Waals surface area contributed by atoms with Crippen LogP contribution in [0, 0.1) is 0 Å². The van der Waals surface area contributed by atoms with Crippen molar-refractivity contribution in [2.24, 2.45) is 0 Å². The van der Waals surface area contributed by atoms with Crippen molar-refractivity contribution in [1.82, 2.24) is 9.88 Å². The number of aliphatic hydroxyl groups excluding tert-OH is 1. The number of halogens is 1. The summed E-state index contributed by atoms with van der Waals surface area (Å²) in [6.45, 7) is 2.46. The fraction of sp³-hybridized carbons (Fsp3) is 0.500. The van der Waals surface area contributed by atoms with Gasteiger partial charge in [-0.2, -0.15) is 0 Å². The van der Waals surface area contributed by atoms with E-state index >= 15 is 0 Å². The van der Waals surface area contributed by atoms with E-state index in [1.807, 2.05) is 6.92 Å². The van der Waals surface area contributed by atoms with Crippen molar-refractivity contribution in [2.75, 3.05) is 25.4 Å². The zero-order valence-electron chi connectivity index (χ0n) is 10.5. The molecule has 6 nitrogen and oxygen atoms in total. The molecule has 2 heterocycles. The molecule has 0 aromatic carbocycles. The van der Waals surface area contributed by atoms with Gasteiger partial charge in [-0.05, 0) is 19.1 Å². The molecule has 19 heavy (non-hydrogen) atoms. The van der Waals surface area contributed by atoms with Crippen LogP contribution in [0.3, 0.4) is 0 Å². The number of nitrogen functional groups attached to an aromatic ring is 1. The van der Waals surface area contributed by atoms with E-state index in [1.165, 1.54) is 6.07 Å². The van der Waals surface area contributed by atoms with Crippen LogP contribution in [-0.4, -0.2) is 52.8 Å². The van der Waals surface area contributed by atoms with E-state index < -0.39 is 0 Å². The molecule has 1 fully saturated rings. The molecule has 1 aliphatic heterocycles. The average Bonchev–Trinajstić information content (AvgIpc) is 2.40. The smallest absolute Gasteiger partial charge is 0.274 e. The summed E-state index contributed by atoms with van der Waals surface area (Å²) in [5, 5.41) is 9.42. The van der Waals surface area contributed by atoms with Crippen molar-refractivity contribution in [3.63, 3.8) is 0 Å². The SMILES string of the molecule is CC1CN(C(=O)c2nc(N)ccc2Cl)CC(CO)O1. The van der Waals surface area contributed by atoms with Crippen LogP contribution < -0.4 is 5.73 Å². The van der Waals surface area contributed by atoms with E-state index in [2.05, 4.69) is 4.98 Å². The van der Waals surface area contributed by atoms with Crippen LogP contribution in [0.2, 0.25) is 5.02 Å². The minimum Gasteiger partial charge on any atom is -0.394 e. The zero-order chi connectivity index (χ0) is 14.0. The van der Waals surface area contributed by atoms with Gasteiger partial charge in [0.2, 0.25) is 0 Å². The van der Waals surface area contributed by atoms with E-state index in [1.54, 1.807) is 11.0 Å². The lowest BCUT2D eigenvalue weighted by Crippen LogP contribution is -2.50. The molecular formula is C12H16ClN3O3. The first-order valence-corrected chi connectivity index (χ1v) is 6.36. The molecule has 2 rings (SSSR count). The summed E-state index contributed by atoms with van der Waals surface area (Å²) < 4.78 is 5.48. The minimum atomic E-state index is -0.382. The minimum absolute atomic E-state index is 0.132. The Bertz CT molecular complexity index is 483. The maximum atomic E-state index is 12.4. The number of morpholine rings is 1. The Balaban J connectivity index is 2.21. The number of anilines is 1. The highest BCUT2D eigenvalue weighted by Gasteiger charge is 2.30. The second kappa shape index (κ2) is 5.73. The third-order valence-corrected chi connectivity index (χ3v) is 3.19. The lowest BCUT2D eigenvalue weighted by molar-refractivity contribution is -0.0859. The van der Waals surface area contributed by atoms with Gasteiger partial charge in [-0.15, -0.1) is 0 Å². The second-order valence-corrected chi connectivity index (χ2v) is 4.94. The normalized spacial score (nSPS) is 23.4. The fourth-order valence-corrected chi connectivity index (χ4v) is 2.25. The van der Waals surface area contributed by atoms with Gasteiger partial charge in [0.15, 0.2) is 0 Å². The van der Waals surface area contributed by atoms with Crippen molar-refractivity contribution in [3.05, 3.63) is 22.8 Å². The van der Waals surface area contributed by atoms with Crippen LogP contribution >= 0.6 is 11.6 Å². The largest absolute Gasteiger partial charge is 0.394 e. The maximum absolute atomic E-state index is 12.4. The first kappa shape index (κ1) is 14.0. The number of hydrogen-bond donors (Lipinski definition) is 2. The van der Waals surface area contributed by atoms with Crippen molar-refractivity contribution < 1.29 is 14.6 Å². The number of ether oxygens (including phenoxy) is 1. The summed E-state index contributed by atoms with van der Waals surface area (Å²) in [5.41, 5.74) is 5.70. The Labute approximate surface area is 116 Å². The number of pyridine rings is 1. The van der Waals surface area contributed by atoms with Gasteiger partial charge in [0, 0.05) is 13.1 Å². The monoisotopic (exact) mass is 285 g/mol. The highest BCUT2D eigenvalue weighted by atomic mass is 35.5. The van der Waals surface area contributed by atoms with Crippen molar-refractivity contribution in [2.45, 2.75) is 19.1 Å². The molecule has 0 saturated carbocycles. The molecule has 0 bridgehead atoms. The van der Waals surface area contributed by atoms with Gasteiger partial charge in [-0.1, -0.05) is 11.6 Å². The summed E-state index contributed by atoms with van der Waals surface area (Å²) in [6, 6.07) is 3.09. The maximum Gasteiger partial charge on any atom is 0.274 e. The Morgan fingerprint density at radius 2 is 2.37 bits per heavy atom. The summed E-state index contributed by atoms with van der Waals surface area (Å²) >= 11 is 5.97. The van der Waals surface area contributed by atoms with E-state index in [9.17, 15) is 4.79 Å². The quantitative estimate of drug-likeness (QED) is 0.828. The molecule has 2 unspecified atom stereocenters. The lowest BCUT2D eigenvalue weighted by atomic mass is 10.2. The third-order valence-electron chi connectivity index (χ3n) is 2.89. The van der Waals surface area contributed by atoms with Crippen LogP contribution in [0.25, 0.3) is 0 Å². The van der Waals surface area contributed by atoms with Crippen LogP contribution in [0.15, 0.2) is 12.1 Å². The zero-order valence-corrected chi connectivity index (χ0v) is 11.3. The molecule has 1 aromatic rings.